The molecule has 6 aromatic rings. The van der Waals surface area contributed by atoms with Crippen LogP contribution in [0.15, 0.2) is 79.3 Å². The van der Waals surface area contributed by atoms with Gasteiger partial charge in [0.1, 0.15) is 5.82 Å². The van der Waals surface area contributed by atoms with Crippen molar-refractivity contribution in [3.63, 3.8) is 0 Å². The molecule has 0 unspecified atom stereocenters. The molecule has 0 saturated carbocycles. The average molecular weight is 546 g/mol. The molecule has 3 N–H and O–H groups in total. The van der Waals surface area contributed by atoms with E-state index < -0.39 is 0 Å². The summed E-state index contributed by atoms with van der Waals surface area (Å²) in [5, 5.41) is 12.3. The Morgan fingerprint density at radius 3 is 2.51 bits per heavy atom. The number of rotatable bonds is 4. The molecule has 0 atom stereocenters. The molecular weight excluding hydrogens is 517 g/mol. The van der Waals surface area contributed by atoms with Gasteiger partial charge < -0.3 is 15.2 Å². The number of likely N-dealkylation sites (tertiary alicyclic amines) is 1. The lowest BCUT2D eigenvalue weighted by Gasteiger charge is -2.20. The molecule has 1 fully saturated rings. The number of benzene rings is 2. The lowest BCUT2D eigenvalue weighted by molar-refractivity contribution is 0.214. The van der Waals surface area contributed by atoms with E-state index in [0.29, 0.717) is 16.9 Å². The van der Waals surface area contributed by atoms with Crippen LogP contribution in [0.2, 0.25) is 0 Å². The molecule has 1 saturated heterocycles. The molecule has 4 aromatic heterocycles. The number of anilines is 1. The Hall–Kier alpha value is -5.05. The van der Waals surface area contributed by atoms with Crippen molar-refractivity contribution in [2.45, 2.75) is 25.7 Å². The summed E-state index contributed by atoms with van der Waals surface area (Å²) in [6, 6.07) is 18.5. The first-order valence-corrected chi connectivity index (χ1v) is 13.9. The summed E-state index contributed by atoms with van der Waals surface area (Å²) in [5.41, 5.74) is 6.76. The fourth-order valence-corrected chi connectivity index (χ4v) is 5.61. The molecule has 0 aliphatic carbocycles. The molecule has 7 rings (SSSR count). The van der Waals surface area contributed by atoms with Crippen LogP contribution < -0.4 is 5.32 Å². The van der Waals surface area contributed by atoms with Crippen LogP contribution in [0.1, 0.15) is 25.7 Å². The van der Waals surface area contributed by atoms with Gasteiger partial charge in [0.25, 0.3) is 0 Å². The lowest BCUT2D eigenvalue weighted by atomic mass is 10.0. The minimum absolute atomic E-state index is 0.0925. The van der Waals surface area contributed by atoms with Gasteiger partial charge in [-0.25, -0.2) is 14.2 Å². The van der Waals surface area contributed by atoms with Crippen molar-refractivity contribution in [1.29, 1.82) is 0 Å². The minimum atomic E-state index is -0.262. The Labute approximate surface area is 235 Å². The second kappa shape index (κ2) is 10.5. The largest absolute Gasteiger partial charge is 0.353 e. The van der Waals surface area contributed by atoms with E-state index in [1.807, 2.05) is 47.4 Å². The monoisotopic (exact) mass is 545 g/mol. The Balaban J connectivity index is 1.22. The van der Waals surface area contributed by atoms with Gasteiger partial charge in [-0.15, -0.1) is 0 Å². The van der Waals surface area contributed by atoms with Gasteiger partial charge in [0.05, 0.1) is 23.3 Å². The summed E-state index contributed by atoms with van der Waals surface area (Å²) in [7, 11) is 0. The number of nitrogens with one attached hydrogen (secondary N) is 3. The molecule has 9 heteroatoms. The highest BCUT2D eigenvalue weighted by atomic mass is 19.1. The van der Waals surface area contributed by atoms with E-state index in [1.165, 1.54) is 6.07 Å². The van der Waals surface area contributed by atoms with Gasteiger partial charge in [-0.1, -0.05) is 43.2 Å². The highest BCUT2D eigenvalue weighted by molar-refractivity contribution is 6.01. The standard InChI is InChI=1S/C32H28FN7O/c33-27-10-4-3-8-24(27)23-9-7-11-28-25(23)16-29(37-28)30-26-15-21(18-35-31(26)39-38-30)20-14-22(19-34-17-20)36-32(41)40-12-5-1-2-6-13-40/h3-4,7-11,14-19,37H,1-2,5-6,12-13H2,(H,36,41)(H,35,38,39). The number of H-pyrrole nitrogens is 2. The number of aromatic nitrogens is 5. The van der Waals surface area contributed by atoms with E-state index >= 15 is 0 Å². The predicted molar refractivity (Wildman–Crippen MR) is 159 cm³/mol. The maximum Gasteiger partial charge on any atom is 0.321 e. The number of amides is 2. The molecule has 204 valence electrons. The SMILES string of the molecule is O=C(Nc1cncc(-c2cnc3n[nH]c(-c4cc5c(-c6ccccc6F)cccc5[nH]4)c3c2)c1)N1CCCCCC1. The van der Waals surface area contributed by atoms with Crippen molar-refractivity contribution in [2.24, 2.45) is 0 Å². The second-order valence-electron chi connectivity index (χ2n) is 10.4. The third-order valence-electron chi connectivity index (χ3n) is 7.72. The normalized spacial score (nSPS) is 13.9. The van der Waals surface area contributed by atoms with Gasteiger partial charge >= 0.3 is 6.03 Å². The van der Waals surface area contributed by atoms with Crippen LogP contribution in [0, 0.1) is 5.82 Å². The number of halogens is 1. The summed E-state index contributed by atoms with van der Waals surface area (Å²) >= 11 is 0. The maximum absolute atomic E-state index is 14.6. The quantitative estimate of drug-likeness (QED) is 0.215. The van der Waals surface area contributed by atoms with Crippen LogP contribution in [-0.4, -0.2) is 49.2 Å². The second-order valence-corrected chi connectivity index (χ2v) is 10.4. The number of fused-ring (bicyclic) bond motifs is 2. The molecule has 1 aliphatic rings. The lowest BCUT2D eigenvalue weighted by Crippen LogP contribution is -2.35. The highest BCUT2D eigenvalue weighted by Crippen LogP contribution is 2.35. The van der Waals surface area contributed by atoms with Gasteiger partial charge in [0, 0.05) is 58.5 Å². The van der Waals surface area contributed by atoms with Crippen LogP contribution >= 0.6 is 0 Å². The Morgan fingerprint density at radius 1 is 0.854 bits per heavy atom. The number of hydrogen-bond donors (Lipinski definition) is 3. The summed E-state index contributed by atoms with van der Waals surface area (Å²) in [6.45, 7) is 1.55. The molecule has 2 aromatic carbocycles. The van der Waals surface area contributed by atoms with Crippen molar-refractivity contribution >= 4 is 33.7 Å². The van der Waals surface area contributed by atoms with Crippen LogP contribution in [0.4, 0.5) is 14.9 Å². The van der Waals surface area contributed by atoms with E-state index in [2.05, 4.69) is 30.5 Å². The number of pyridine rings is 2. The number of urea groups is 1. The van der Waals surface area contributed by atoms with Crippen molar-refractivity contribution in [3.8, 4) is 33.6 Å². The summed E-state index contributed by atoms with van der Waals surface area (Å²) in [4.78, 5) is 27.2. The highest BCUT2D eigenvalue weighted by Gasteiger charge is 2.18. The smallest absolute Gasteiger partial charge is 0.321 e. The van der Waals surface area contributed by atoms with Crippen molar-refractivity contribution in [3.05, 3.63) is 85.1 Å². The molecule has 5 heterocycles. The topological polar surface area (TPSA) is 103 Å². The Morgan fingerprint density at radius 2 is 1.66 bits per heavy atom. The van der Waals surface area contributed by atoms with Crippen LogP contribution in [0.25, 0.3) is 55.6 Å². The summed E-state index contributed by atoms with van der Waals surface area (Å²) < 4.78 is 14.6. The third-order valence-corrected chi connectivity index (χ3v) is 7.72. The average Bonchev–Trinajstić information content (AvgIpc) is 3.52. The maximum atomic E-state index is 14.6. The number of hydrogen-bond acceptors (Lipinski definition) is 4. The number of nitrogens with zero attached hydrogens (tertiary/aromatic N) is 4. The Kier molecular flexibility index (Phi) is 6.39. The first-order valence-electron chi connectivity index (χ1n) is 13.9. The van der Waals surface area contributed by atoms with Gasteiger partial charge in [-0.3, -0.25) is 10.1 Å². The van der Waals surface area contributed by atoms with Gasteiger partial charge in [-0.05, 0) is 48.7 Å². The summed E-state index contributed by atoms with van der Waals surface area (Å²) in [6.07, 6.45) is 9.57. The van der Waals surface area contributed by atoms with E-state index in [1.54, 1.807) is 30.7 Å². The zero-order valence-electron chi connectivity index (χ0n) is 22.3. The van der Waals surface area contributed by atoms with E-state index in [0.717, 1.165) is 83.1 Å². The van der Waals surface area contributed by atoms with Gasteiger partial charge in [-0.2, -0.15) is 5.10 Å². The van der Waals surface area contributed by atoms with E-state index in [-0.39, 0.29) is 11.8 Å². The molecule has 0 bridgehead atoms. The first-order chi connectivity index (χ1) is 20.1. The van der Waals surface area contributed by atoms with E-state index in [9.17, 15) is 9.18 Å². The fourth-order valence-electron chi connectivity index (χ4n) is 5.61. The van der Waals surface area contributed by atoms with Crippen molar-refractivity contribution in [2.75, 3.05) is 18.4 Å². The molecule has 0 spiro atoms. The van der Waals surface area contributed by atoms with Crippen LogP contribution in [-0.2, 0) is 0 Å². The molecule has 8 nitrogen and oxygen atoms in total. The molecule has 1 aliphatic heterocycles. The zero-order chi connectivity index (χ0) is 27.8. The molecule has 41 heavy (non-hydrogen) atoms. The molecular formula is C32H28FN7O. The van der Waals surface area contributed by atoms with Crippen LogP contribution in [0.5, 0.6) is 0 Å². The number of carbonyl (C=O) groups is 1. The summed E-state index contributed by atoms with van der Waals surface area (Å²) in [5.74, 6) is -0.262. The van der Waals surface area contributed by atoms with Gasteiger partial charge in [0.15, 0.2) is 5.65 Å². The Bertz CT molecular complexity index is 1880. The fraction of sp³-hybridized carbons (Fsp3) is 0.188. The van der Waals surface area contributed by atoms with Crippen molar-refractivity contribution in [1.82, 2.24) is 30.0 Å². The molecule has 0 radical (unpaired) electrons. The number of carbonyl (C=O) groups excluding carboxylic acids is 1. The minimum Gasteiger partial charge on any atom is -0.353 e. The third kappa shape index (κ3) is 4.80. The van der Waals surface area contributed by atoms with E-state index in [4.69, 9.17) is 0 Å². The number of aromatic amines is 2. The van der Waals surface area contributed by atoms with Gasteiger partial charge in [0.2, 0.25) is 0 Å². The molecule has 2 amide bonds. The van der Waals surface area contributed by atoms with Crippen LogP contribution in [0.3, 0.4) is 0 Å². The first kappa shape index (κ1) is 25.0. The predicted octanol–water partition coefficient (Wildman–Crippen LogP) is 7.38. The zero-order valence-corrected chi connectivity index (χ0v) is 22.3. The van der Waals surface area contributed by atoms with Crippen molar-refractivity contribution < 1.29 is 9.18 Å².